The van der Waals surface area contributed by atoms with Gasteiger partial charge >= 0.3 is 0 Å². The molecule has 33 heavy (non-hydrogen) atoms. The van der Waals surface area contributed by atoms with Gasteiger partial charge in [0.1, 0.15) is 28.8 Å². The molecule has 0 bridgehead atoms. The second-order valence-electron chi connectivity index (χ2n) is 7.14. The molecule has 0 saturated carbocycles. The number of nitriles is 1. The van der Waals surface area contributed by atoms with E-state index >= 15 is 0 Å². The third-order valence-corrected chi connectivity index (χ3v) is 6.51. The molecule has 6 nitrogen and oxygen atoms in total. The number of nitrogens with zero attached hydrogens (tertiary/aromatic N) is 2. The summed E-state index contributed by atoms with van der Waals surface area (Å²) in [5.74, 6) is -0.227. The van der Waals surface area contributed by atoms with Crippen molar-refractivity contribution in [3.63, 3.8) is 0 Å². The molecule has 0 spiro atoms. The van der Waals surface area contributed by atoms with Crippen LogP contribution in [0.25, 0.3) is 17.0 Å². The number of pyridine rings is 1. The monoisotopic (exact) mass is 476 g/mol. The number of carbonyl (C=O) groups is 1. The number of thiophene rings is 1. The fraction of sp³-hybridized carbons (Fsp3) is 0.0800. The summed E-state index contributed by atoms with van der Waals surface area (Å²) in [6, 6.07) is 21.2. The molecule has 0 aliphatic heterocycles. The first kappa shape index (κ1) is 24.0. The molecule has 2 aromatic heterocycles. The SMILES string of the molecule is C[n+]1ccc(/C=C(\C#N)C(=O)c2cccs2)c2ccccc21.Cc1ccc(S(=O)(=O)[O-])cc1. The molecule has 0 amide bonds. The van der Waals surface area contributed by atoms with Crippen molar-refractivity contribution in [1.29, 1.82) is 5.26 Å². The maximum absolute atomic E-state index is 12.4. The van der Waals surface area contributed by atoms with Crippen LogP contribution in [-0.4, -0.2) is 18.8 Å². The number of fused-ring (bicyclic) bond motifs is 1. The van der Waals surface area contributed by atoms with E-state index in [1.54, 1.807) is 24.3 Å². The Morgan fingerprint density at radius 1 is 1.06 bits per heavy atom. The maximum atomic E-state index is 12.4. The summed E-state index contributed by atoms with van der Waals surface area (Å²) in [7, 11) is -2.30. The van der Waals surface area contributed by atoms with Crippen LogP contribution in [0.5, 0.6) is 0 Å². The highest BCUT2D eigenvalue weighted by atomic mass is 32.2. The van der Waals surface area contributed by atoms with E-state index in [0.717, 1.165) is 22.0 Å². The van der Waals surface area contributed by atoms with Crippen LogP contribution in [0, 0.1) is 18.3 Å². The minimum atomic E-state index is -4.27. The van der Waals surface area contributed by atoms with Crippen molar-refractivity contribution in [2.45, 2.75) is 11.8 Å². The molecule has 0 unspecified atom stereocenters. The van der Waals surface area contributed by atoms with E-state index in [0.29, 0.717) is 4.88 Å². The van der Waals surface area contributed by atoms with Crippen molar-refractivity contribution in [1.82, 2.24) is 0 Å². The summed E-state index contributed by atoms with van der Waals surface area (Å²) in [4.78, 5) is 12.8. The van der Waals surface area contributed by atoms with E-state index < -0.39 is 10.1 Å². The van der Waals surface area contributed by atoms with Gasteiger partial charge in [0, 0.05) is 12.1 Å². The second kappa shape index (κ2) is 10.3. The minimum Gasteiger partial charge on any atom is -0.744 e. The van der Waals surface area contributed by atoms with Crippen molar-refractivity contribution in [2.24, 2.45) is 7.05 Å². The first-order valence-corrected chi connectivity index (χ1v) is 12.1. The molecule has 166 valence electrons. The van der Waals surface area contributed by atoms with E-state index in [9.17, 15) is 23.0 Å². The number of benzene rings is 2. The summed E-state index contributed by atoms with van der Waals surface area (Å²) in [6.45, 7) is 1.82. The Labute approximate surface area is 196 Å². The predicted molar refractivity (Wildman–Crippen MR) is 127 cm³/mol. The van der Waals surface area contributed by atoms with Crippen molar-refractivity contribution in [2.75, 3.05) is 0 Å². The highest BCUT2D eigenvalue weighted by molar-refractivity contribution is 7.85. The fourth-order valence-electron chi connectivity index (χ4n) is 3.06. The van der Waals surface area contributed by atoms with Crippen molar-refractivity contribution in [3.8, 4) is 6.07 Å². The molecule has 0 fully saturated rings. The van der Waals surface area contributed by atoms with Crippen LogP contribution in [0.4, 0.5) is 0 Å². The fourth-order valence-corrected chi connectivity index (χ4v) is 4.21. The van der Waals surface area contributed by atoms with E-state index in [4.69, 9.17) is 0 Å². The van der Waals surface area contributed by atoms with Crippen molar-refractivity contribution >= 4 is 44.2 Å². The van der Waals surface area contributed by atoms with E-state index in [-0.39, 0.29) is 16.3 Å². The Hall–Kier alpha value is -3.64. The quantitative estimate of drug-likeness (QED) is 0.143. The summed E-state index contributed by atoms with van der Waals surface area (Å²) in [5, 5.41) is 12.2. The van der Waals surface area contributed by atoms with Gasteiger partial charge in [0.15, 0.2) is 6.20 Å². The standard InChI is InChI=1S/C18H13N2OS.C7H8O3S/c1-20-9-8-13(15-5-2-3-6-16(15)20)11-14(12-19)18(21)17-7-4-10-22-17;1-6-2-4-7(5-3-6)11(8,9)10/h2-11H,1H3;2-5H,1H3,(H,8,9,10)/q+1;/p-1/b14-11+;. The number of aromatic nitrogens is 1. The largest absolute Gasteiger partial charge is 0.744 e. The number of ketones is 1. The molecule has 8 heteroatoms. The lowest BCUT2D eigenvalue weighted by atomic mass is 10.0. The summed E-state index contributed by atoms with van der Waals surface area (Å²) >= 11 is 1.35. The van der Waals surface area contributed by atoms with Crippen LogP contribution in [-0.2, 0) is 17.2 Å². The highest BCUT2D eigenvalue weighted by Gasteiger charge is 2.15. The molecule has 0 saturated heterocycles. The van der Waals surface area contributed by atoms with Crippen LogP contribution in [0.2, 0.25) is 0 Å². The molecule has 0 N–H and O–H groups in total. The molecular weight excluding hydrogens is 456 g/mol. The van der Waals surface area contributed by atoms with Gasteiger partial charge in [0.05, 0.1) is 15.2 Å². The van der Waals surface area contributed by atoms with Gasteiger partial charge in [-0.05, 0) is 48.2 Å². The lowest BCUT2D eigenvalue weighted by Crippen LogP contribution is -2.28. The zero-order chi connectivity index (χ0) is 24.0. The zero-order valence-corrected chi connectivity index (χ0v) is 19.6. The Kier molecular flexibility index (Phi) is 7.51. The highest BCUT2D eigenvalue weighted by Crippen LogP contribution is 2.21. The van der Waals surface area contributed by atoms with Gasteiger partial charge in [-0.2, -0.15) is 5.26 Å². The van der Waals surface area contributed by atoms with E-state index in [2.05, 4.69) is 0 Å². The topological polar surface area (TPSA) is 102 Å². The Balaban J connectivity index is 0.000000235. The Morgan fingerprint density at radius 2 is 1.76 bits per heavy atom. The van der Waals surface area contributed by atoms with Gasteiger partial charge < -0.3 is 4.55 Å². The van der Waals surface area contributed by atoms with Gasteiger partial charge in [-0.25, -0.2) is 13.0 Å². The predicted octanol–water partition coefficient (Wildman–Crippen LogP) is 4.41. The Bertz CT molecular complexity index is 1470. The van der Waals surface area contributed by atoms with Crippen LogP contribution in [0.3, 0.4) is 0 Å². The van der Waals surface area contributed by atoms with Crippen molar-refractivity contribution < 1.29 is 22.3 Å². The van der Waals surface area contributed by atoms with Crippen LogP contribution >= 0.6 is 11.3 Å². The molecule has 2 aromatic carbocycles. The molecule has 4 rings (SSSR count). The summed E-state index contributed by atoms with van der Waals surface area (Å²) in [5.41, 5.74) is 3.01. The minimum absolute atomic E-state index is 0.154. The maximum Gasteiger partial charge on any atom is 0.213 e. The van der Waals surface area contributed by atoms with Gasteiger partial charge in [-0.3, -0.25) is 4.79 Å². The third kappa shape index (κ3) is 5.99. The molecule has 2 heterocycles. The summed E-state index contributed by atoms with van der Waals surface area (Å²) in [6.07, 6.45) is 3.60. The number of hydrogen-bond acceptors (Lipinski definition) is 6. The first-order valence-electron chi connectivity index (χ1n) is 9.80. The first-order chi connectivity index (χ1) is 15.7. The molecule has 0 aliphatic carbocycles. The Morgan fingerprint density at radius 3 is 2.36 bits per heavy atom. The number of Topliss-reactive ketones (excluding diaryl/α,β-unsaturated/α-hetero) is 1. The number of para-hydroxylation sites is 1. The smallest absolute Gasteiger partial charge is 0.213 e. The lowest BCUT2D eigenvalue weighted by Gasteiger charge is -2.05. The average molecular weight is 477 g/mol. The number of rotatable bonds is 4. The van der Waals surface area contributed by atoms with Gasteiger partial charge in [0.25, 0.3) is 0 Å². The van der Waals surface area contributed by atoms with Gasteiger partial charge in [0.2, 0.25) is 11.3 Å². The second-order valence-corrected chi connectivity index (χ2v) is 9.47. The molecular formula is C25H20N2O4S2. The number of allylic oxidation sites excluding steroid dienone is 1. The van der Waals surface area contributed by atoms with Crippen LogP contribution in [0.15, 0.2) is 88.8 Å². The molecule has 0 atom stereocenters. The zero-order valence-electron chi connectivity index (χ0n) is 17.9. The van der Waals surface area contributed by atoms with Gasteiger partial charge in [-0.15, -0.1) is 11.3 Å². The van der Waals surface area contributed by atoms with E-state index in [1.807, 2.05) is 72.6 Å². The molecule has 0 aliphatic rings. The number of hydrogen-bond donors (Lipinski definition) is 0. The number of carbonyl (C=O) groups excluding carboxylic acids is 1. The lowest BCUT2D eigenvalue weighted by molar-refractivity contribution is -0.644. The summed E-state index contributed by atoms with van der Waals surface area (Å²) < 4.78 is 33.2. The van der Waals surface area contributed by atoms with Crippen LogP contribution in [0.1, 0.15) is 20.8 Å². The van der Waals surface area contributed by atoms with Gasteiger partial charge in [-0.1, -0.05) is 35.9 Å². The normalized spacial score (nSPS) is 11.4. The van der Waals surface area contributed by atoms with E-state index in [1.165, 1.54) is 23.5 Å². The molecule has 0 radical (unpaired) electrons. The number of aryl methyl sites for hydroxylation is 2. The third-order valence-electron chi connectivity index (χ3n) is 4.79. The average Bonchev–Trinajstić information content (AvgIpc) is 3.34. The van der Waals surface area contributed by atoms with Crippen molar-refractivity contribution in [3.05, 3.63) is 99.9 Å². The van der Waals surface area contributed by atoms with Crippen LogP contribution < -0.4 is 4.57 Å². The molecule has 4 aromatic rings.